The summed E-state index contributed by atoms with van der Waals surface area (Å²) in [5.41, 5.74) is 17.6. The Balaban J connectivity index is 2.80. The Morgan fingerprint density at radius 1 is 1.50 bits per heavy atom. The molecule has 0 aliphatic heterocycles. The molecular formula is C9H19N5. The molecule has 1 unspecified atom stereocenters. The van der Waals surface area contributed by atoms with E-state index >= 15 is 0 Å². The van der Waals surface area contributed by atoms with Gasteiger partial charge in [0.1, 0.15) is 5.82 Å². The van der Waals surface area contributed by atoms with Crippen LogP contribution in [-0.2, 0) is 0 Å². The number of aromatic nitrogens is 2. The lowest BCUT2D eigenvalue weighted by molar-refractivity contribution is 0.358. The Hall–Kier alpha value is -1.23. The van der Waals surface area contributed by atoms with Crippen LogP contribution in [0.5, 0.6) is 0 Å². The van der Waals surface area contributed by atoms with Gasteiger partial charge >= 0.3 is 0 Å². The van der Waals surface area contributed by atoms with E-state index in [1.54, 1.807) is 10.9 Å². The second-order valence-electron chi connectivity index (χ2n) is 4.47. The van der Waals surface area contributed by atoms with Crippen molar-refractivity contribution in [3.05, 3.63) is 6.20 Å². The quantitative estimate of drug-likeness (QED) is 0.665. The molecule has 0 fully saturated rings. The minimum atomic E-state index is -0.230. The highest BCUT2D eigenvalue weighted by molar-refractivity contribution is 5.57. The molecule has 1 aromatic heterocycles. The normalized spacial score (nSPS) is 14.3. The van der Waals surface area contributed by atoms with Crippen molar-refractivity contribution >= 4 is 11.5 Å². The van der Waals surface area contributed by atoms with Crippen LogP contribution in [0.15, 0.2) is 6.20 Å². The predicted octanol–water partition coefficient (Wildman–Crippen LogP) is 0.736. The third-order valence-electron chi connectivity index (χ3n) is 2.10. The van der Waals surface area contributed by atoms with E-state index in [1.807, 2.05) is 20.8 Å². The van der Waals surface area contributed by atoms with E-state index in [2.05, 4.69) is 5.10 Å². The predicted molar refractivity (Wildman–Crippen MR) is 58.6 cm³/mol. The summed E-state index contributed by atoms with van der Waals surface area (Å²) in [4.78, 5) is 0. The number of rotatable bonds is 3. The van der Waals surface area contributed by atoms with Gasteiger partial charge in [0.2, 0.25) is 0 Å². The SMILES string of the molecule is CC(CC(C)(C)N)n1ncc(N)c1N. The van der Waals surface area contributed by atoms with Crippen LogP contribution in [0.4, 0.5) is 11.5 Å². The summed E-state index contributed by atoms with van der Waals surface area (Å²) in [6.07, 6.45) is 2.37. The molecule has 0 aromatic carbocycles. The van der Waals surface area contributed by atoms with E-state index in [4.69, 9.17) is 17.2 Å². The van der Waals surface area contributed by atoms with Crippen molar-refractivity contribution in [3.63, 3.8) is 0 Å². The van der Waals surface area contributed by atoms with Gasteiger partial charge in [-0.15, -0.1) is 0 Å². The van der Waals surface area contributed by atoms with Crippen LogP contribution in [0.2, 0.25) is 0 Å². The summed E-state index contributed by atoms with van der Waals surface area (Å²) in [7, 11) is 0. The lowest BCUT2D eigenvalue weighted by Gasteiger charge is -2.24. The average molecular weight is 197 g/mol. The fourth-order valence-electron chi connectivity index (χ4n) is 1.58. The molecule has 0 amide bonds. The first-order valence-electron chi connectivity index (χ1n) is 4.68. The smallest absolute Gasteiger partial charge is 0.145 e. The third kappa shape index (κ3) is 2.38. The summed E-state index contributed by atoms with van der Waals surface area (Å²) in [5.74, 6) is 0.516. The third-order valence-corrected chi connectivity index (χ3v) is 2.10. The molecule has 1 rings (SSSR count). The zero-order valence-corrected chi connectivity index (χ0v) is 8.99. The molecule has 0 aliphatic rings. The Kier molecular flexibility index (Phi) is 2.71. The molecule has 0 saturated carbocycles. The monoisotopic (exact) mass is 197 g/mol. The zero-order valence-electron chi connectivity index (χ0n) is 8.99. The Morgan fingerprint density at radius 2 is 2.07 bits per heavy atom. The van der Waals surface area contributed by atoms with Gasteiger partial charge in [-0.1, -0.05) is 0 Å². The maximum Gasteiger partial charge on any atom is 0.145 e. The van der Waals surface area contributed by atoms with Gasteiger partial charge in [-0.3, -0.25) is 0 Å². The summed E-state index contributed by atoms with van der Waals surface area (Å²) in [6, 6.07) is 0.160. The molecule has 5 nitrogen and oxygen atoms in total. The van der Waals surface area contributed by atoms with Crippen molar-refractivity contribution in [2.45, 2.75) is 38.8 Å². The van der Waals surface area contributed by atoms with Crippen molar-refractivity contribution in [2.24, 2.45) is 5.73 Å². The van der Waals surface area contributed by atoms with Crippen molar-refractivity contribution in [3.8, 4) is 0 Å². The fraction of sp³-hybridized carbons (Fsp3) is 0.667. The summed E-state index contributed by atoms with van der Waals surface area (Å²) in [5, 5.41) is 4.11. The number of hydrogen-bond acceptors (Lipinski definition) is 4. The summed E-state index contributed by atoms with van der Waals surface area (Å²) >= 11 is 0. The van der Waals surface area contributed by atoms with Crippen LogP contribution >= 0.6 is 0 Å². The molecule has 0 bridgehead atoms. The molecule has 1 aromatic rings. The molecule has 0 radical (unpaired) electrons. The highest BCUT2D eigenvalue weighted by Gasteiger charge is 2.19. The lowest BCUT2D eigenvalue weighted by atomic mass is 9.98. The van der Waals surface area contributed by atoms with E-state index in [-0.39, 0.29) is 11.6 Å². The Morgan fingerprint density at radius 3 is 2.43 bits per heavy atom. The van der Waals surface area contributed by atoms with Crippen LogP contribution in [0.25, 0.3) is 0 Å². The van der Waals surface area contributed by atoms with E-state index in [9.17, 15) is 0 Å². The summed E-state index contributed by atoms with van der Waals surface area (Å²) < 4.78 is 1.71. The van der Waals surface area contributed by atoms with Crippen LogP contribution in [0.1, 0.15) is 33.2 Å². The number of nitrogens with two attached hydrogens (primary N) is 3. The van der Waals surface area contributed by atoms with E-state index in [0.717, 1.165) is 6.42 Å². The topological polar surface area (TPSA) is 95.9 Å². The van der Waals surface area contributed by atoms with E-state index < -0.39 is 0 Å². The molecule has 5 heteroatoms. The van der Waals surface area contributed by atoms with Gasteiger partial charge in [-0.2, -0.15) is 5.10 Å². The van der Waals surface area contributed by atoms with Crippen LogP contribution in [-0.4, -0.2) is 15.3 Å². The van der Waals surface area contributed by atoms with Gasteiger partial charge < -0.3 is 17.2 Å². The van der Waals surface area contributed by atoms with E-state index in [0.29, 0.717) is 11.5 Å². The highest BCUT2D eigenvalue weighted by atomic mass is 15.3. The molecule has 1 atom stereocenters. The number of nitrogen functional groups attached to an aromatic ring is 2. The first-order valence-corrected chi connectivity index (χ1v) is 4.68. The molecule has 6 N–H and O–H groups in total. The van der Waals surface area contributed by atoms with Crippen molar-refractivity contribution in [1.82, 2.24) is 9.78 Å². The van der Waals surface area contributed by atoms with Gasteiger partial charge in [0.05, 0.1) is 17.9 Å². The van der Waals surface area contributed by atoms with Crippen LogP contribution in [0.3, 0.4) is 0 Å². The molecular weight excluding hydrogens is 178 g/mol. The number of anilines is 2. The first-order chi connectivity index (χ1) is 6.31. The average Bonchev–Trinajstić information content (AvgIpc) is 2.29. The molecule has 80 valence electrons. The van der Waals surface area contributed by atoms with Gasteiger partial charge in [0.25, 0.3) is 0 Å². The maximum absolute atomic E-state index is 5.92. The molecule has 0 saturated heterocycles. The largest absolute Gasteiger partial charge is 0.394 e. The number of hydrogen-bond donors (Lipinski definition) is 3. The minimum Gasteiger partial charge on any atom is -0.394 e. The molecule has 1 heterocycles. The van der Waals surface area contributed by atoms with Gasteiger partial charge in [-0.05, 0) is 27.2 Å². The lowest BCUT2D eigenvalue weighted by Crippen LogP contribution is -2.34. The highest BCUT2D eigenvalue weighted by Crippen LogP contribution is 2.23. The number of nitrogens with zero attached hydrogens (tertiary/aromatic N) is 2. The zero-order chi connectivity index (χ0) is 10.9. The fourth-order valence-corrected chi connectivity index (χ4v) is 1.58. The van der Waals surface area contributed by atoms with Gasteiger partial charge in [0, 0.05) is 5.54 Å². The van der Waals surface area contributed by atoms with Crippen LogP contribution in [0, 0.1) is 0 Å². The van der Waals surface area contributed by atoms with E-state index in [1.165, 1.54) is 0 Å². The standard InChI is InChI=1S/C9H19N5/c1-6(4-9(2,3)12)14-8(11)7(10)5-13-14/h5-6H,4,10-12H2,1-3H3. The first kappa shape index (κ1) is 10.8. The van der Waals surface area contributed by atoms with Gasteiger partial charge in [-0.25, -0.2) is 4.68 Å². The van der Waals surface area contributed by atoms with Gasteiger partial charge in [0.15, 0.2) is 0 Å². The summed E-state index contributed by atoms with van der Waals surface area (Å²) in [6.45, 7) is 5.98. The van der Waals surface area contributed by atoms with Crippen molar-refractivity contribution in [2.75, 3.05) is 11.5 Å². The Bertz CT molecular complexity index is 309. The Labute approximate surface area is 84.2 Å². The minimum absolute atomic E-state index is 0.160. The molecule has 14 heavy (non-hydrogen) atoms. The van der Waals surface area contributed by atoms with Crippen LogP contribution < -0.4 is 17.2 Å². The molecule has 0 spiro atoms. The molecule has 0 aliphatic carbocycles. The van der Waals surface area contributed by atoms with Crippen molar-refractivity contribution < 1.29 is 0 Å². The second kappa shape index (κ2) is 3.49. The maximum atomic E-state index is 5.92. The second-order valence-corrected chi connectivity index (χ2v) is 4.47. The van der Waals surface area contributed by atoms with Crippen molar-refractivity contribution in [1.29, 1.82) is 0 Å².